The van der Waals surface area contributed by atoms with Crippen molar-refractivity contribution >= 4 is 11.4 Å². The molecule has 2 aliphatic rings. The SMILES string of the molecule is N[C@H]1CC[C@H](CNc2ccc(N3CCOCC3)cc2)CC1. The van der Waals surface area contributed by atoms with Gasteiger partial charge in [0.25, 0.3) is 0 Å². The smallest absolute Gasteiger partial charge is 0.0642 e. The molecule has 0 aromatic heterocycles. The maximum Gasteiger partial charge on any atom is 0.0642 e. The van der Waals surface area contributed by atoms with E-state index >= 15 is 0 Å². The van der Waals surface area contributed by atoms with Gasteiger partial charge < -0.3 is 20.7 Å². The lowest BCUT2D eigenvalue weighted by atomic mass is 9.86. The summed E-state index contributed by atoms with van der Waals surface area (Å²) in [6.45, 7) is 4.74. The lowest BCUT2D eigenvalue weighted by Crippen LogP contribution is -2.36. The summed E-state index contributed by atoms with van der Waals surface area (Å²) in [5, 5.41) is 3.58. The number of hydrogen-bond donors (Lipinski definition) is 2. The third-order valence-corrected chi connectivity index (χ3v) is 4.73. The zero-order valence-corrected chi connectivity index (χ0v) is 12.8. The normalized spacial score (nSPS) is 26.6. The van der Waals surface area contributed by atoms with Crippen LogP contribution in [-0.4, -0.2) is 38.9 Å². The highest BCUT2D eigenvalue weighted by Gasteiger charge is 2.18. The fourth-order valence-electron chi connectivity index (χ4n) is 3.27. The summed E-state index contributed by atoms with van der Waals surface area (Å²) in [6.07, 6.45) is 4.89. The van der Waals surface area contributed by atoms with Gasteiger partial charge in [0, 0.05) is 37.1 Å². The Hall–Kier alpha value is -1.26. The molecule has 2 fully saturated rings. The molecule has 1 heterocycles. The van der Waals surface area contributed by atoms with E-state index in [0.29, 0.717) is 6.04 Å². The summed E-state index contributed by atoms with van der Waals surface area (Å²) >= 11 is 0. The number of morpholine rings is 1. The molecule has 0 atom stereocenters. The topological polar surface area (TPSA) is 50.5 Å². The summed E-state index contributed by atoms with van der Waals surface area (Å²) in [5.74, 6) is 0.781. The van der Waals surface area contributed by atoms with Crippen LogP contribution in [0.25, 0.3) is 0 Å². The fraction of sp³-hybridized carbons (Fsp3) is 0.647. The maximum atomic E-state index is 5.96. The number of nitrogens with zero attached hydrogens (tertiary/aromatic N) is 1. The van der Waals surface area contributed by atoms with Gasteiger partial charge in [-0.05, 0) is 55.9 Å². The Kier molecular flexibility index (Phi) is 4.99. The van der Waals surface area contributed by atoms with Crippen LogP contribution in [0.1, 0.15) is 25.7 Å². The number of ether oxygens (including phenoxy) is 1. The standard InChI is InChI=1S/C17H27N3O/c18-15-3-1-14(2-4-15)13-19-16-5-7-17(8-6-16)20-9-11-21-12-10-20/h5-8,14-15,19H,1-4,9-13,18H2/t14-,15-. The first-order chi connectivity index (χ1) is 10.3. The van der Waals surface area contributed by atoms with Crippen molar-refractivity contribution in [3.8, 4) is 0 Å². The van der Waals surface area contributed by atoms with E-state index in [0.717, 1.165) is 38.8 Å². The Balaban J connectivity index is 1.48. The molecule has 4 heteroatoms. The van der Waals surface area contributed by atoms with Crippen molar-refractivity contribution in [1.29, 1.82) is 0 Å². The molecule has 3 N–H and O–H groups in total. The van der Waals surface area contributed by atoms with Gasteiger partial charge in [-0.1, -0.05) is 0 Å². The van der Waals surface area contributed by atoms with Gasteiger partial charge in [0.05, 0.1) is 13.2 Å². The summed E-state index contributed by atoms with van der Waals surface area (Å²) in [7, 11) is 0. The van der Waals surface area contributed by atoms with E-state index in [2.05, 4.69) is 34.5 Å². The minimum Gasteiger partial charge on any atom is -0.385 e. The molecule has 1 aliphatic carbocycles. The van der Waals surface area contributed by atoms with Crippen LogP contribution >= 0.6 is 0 Å². The first-order valence-electron chi connectivity index (χ1n) is 8.23. The molecule has 4 nitrogen and oxygen atoms in total. The highest BCUT2D eigenvalue weighted by molar-refractivity contribution is 5.55. The molecule has 0 bridgehead atoms. The average Bonchev–Trinajstić information content (AvgIpc) is 2.56. The first kappa shape index (κ1) is 14.7. The Morgan fingerprint density at radius 1 is 1.05 bits per heavy atom. The van der Waals surface area contributed by atoms with Gasteiger partial charge in [0.2, 0.25) is 0 Å². The minimum absolute atomic E-state index is 0.439. The molecule has 0 unspecified atom stereocenters. The Morgan fingerprint density at radius 2 is 1.71 bits per heavy atom. The Labute approximate surface area is 127 Å². The molecule has 1 aromatic carbocycles. The van der Waals surface area contributed by atoms with Crippen LogP contribution in [0.5, 0.6) is 0 Å². The van der Waals surface area contributed by atoms with E-state index in [-0.39, 0.29) is 0 Å². The van der Waals surface area contributed by atoms with Crippen LogP contribution in [0.2, 0.25) is 0 Å². The summed E-state index contributed by atoms with van der Waals surface area (Å²) < 4.78 is 5.40. The van der Waals surface area contributed by atoms with Gasteiger partial charge >= 0.3 is 0 Å². The summed E-state index contributed by atoms with van der Waals surface area (Å²) in [6, 6.07) is 9.25. The largest absolute Gasteiger partial charge is 0.385 e. The van der Waals surface area contributed by atoms with Gasteiger partial charge in [-0.3, -0.25) is 0 Å². The molecule has 0 amide bonds. The van der Waals surface area contributed by atoms with Crippen molar-refractivity contribution in [1.82, 2.24) is 0 Å². The molecule has 1 saturated heterocycles. The van der Waals surface area contributed by atoms with E-state index in [1.807, 2.05) is 0 Å². The average molecular weight is 289 g/mol. The van der Waals surface area contributed by atoms with Crippen LogP contribution in [0.4, 0.5) is 11.4 Å². The Bertz CT molecular complexity index is 420. The molecule has 1 saturated carbocycles. The number of nitrogens with one attached hydrogen (secondary N) is 1. The third kappa shape index (κ3) is 4.11. The number of nitrogens with two attached hydrogens (primary N) is 1. The number of hydrogen-bond acceptors (Lipinski definition) is 4. The first-order valence-corrected chi connectivity index (χ1v) is 8.23. The molecule has 21 heavy (non-hydrogen) atoms. The lowest BCUT2D eigenvalue weighted by Gasteiger charge is -2.29. The van der Waals surface area contributed by atoms with E-state index in [1.165, 1.54) is 37.1 Å². The van der Waals surface area contributed by atoms with E-state index in [1.54, 1.807) is 0 Å². The number of rotatable bonds is 4. The highest BCUT2D eigenvalue weighted by atomic mass is 16.5. The molecule has 0 spiro atoms. The molecule has 1 aromatic rings. The van der Waals surface area contributed by atoms with Crippen LogP contribution in [0, 0.1) is 5.92 Å². The zero-order valence-electron chi connectivity index (χ0n) is 12.8. The number of benzene rings is 1. The highest BCUT2D eigenvalue weighted by Crippen LogP contribution is 2.24. The van der Waals surface area contributed by atoms with Crippen LogP contribution < -0.4 is 16.0 Å². The van der Waals surface area contributed by atoms with Gasteiger partial charge in [-0.2, -0.15) is 0 Å². The minimum atomic E-state index is 0.439. The second kappa shape index (κ2) is 7.14. The van der Waals surface area contributed by atoms with Crippen molar-refractivity contribution in [3.05, 3.63) is 24.3 Å². The van der Waals surface area contributed by atoms with Crippen LogP contribution in [-0.2, 0) is 4.74 Å². The quantitative estimate of drug-likeness (QED) is 0.894. The van der Waals surface area contributed by atoms with Gasteiger partial charge in [0.1, 0.15) is 0 Å². The van der Waals surface area contributed by atoms with E-state index in [9.17, 15) is 0 Å². The number of anilines is 2. The van der Waals surface area contributed by atoms with Gasteiger partial charge in [-0.25, -0.2) is 0 Å². The fourth-order valence-corrected chi connectivity index (χ4v) is 3.27. The zero-order chi connectivity index (χ0) is 14.5. The third-order valence-electron chi connectivity index (χ3n) is 4.73. The second-order valence-electron chi connectivity index (χ2n) is 6.31. The van der Waals surface area contributed by atoms with Gasteiger partial charge in [-0.15, -0.1) is 0 Å². The van der Waals surface area contributed by atoms with Gasteiger partial charge in [0.15, 0.2) is 0 Å². The molecular formula is C17H27N3O. The van der Waals surface area contributed by atoms with Crippen molar-refractivity contribution in [3.63, 3.8) is 0 Å². The summed E-state index contributed by atoms with van der Waals surface area (Å²) in [4.78, 5) is 2.38. The van der Waals surface area contributed by atoms with Crippen molar-refractivity contribution in [2.45, 2.75) is 31.7 Å². The summed E-state index contributed by atoms with van der Waals surface area (Å²) in [5.41, 5.74) is 8.48. The predicted octanol–water partition coefficient (Wildman–Crippen LogP) is 2.45. The molecule has 0 radical (unpaired) electrons. The van der Waals surface area contributed by atoms with Crippen LogP contribution in [0.3, 0.4) is 0 Å². The lowest BCUT2D eigenvalue weighted by molar-refractivity contribution is 0.122. The van der Waals surface area contributed by atoms with E-state index in [4.69, 9.17) is 10.5 Å². The molecule has 116 valence electrons. The van der Waals surface area contributed by atoms with Crippen LogP contribution in [0.15, 0.2) is 24.3 Å². The molecule has 1 aliphatic heterocycles. The second-order valence-corrected chi connectivity index (χ2v) is 6.31. The molecular weight excluding hydrogens is 262 g/mol. The molecule has 3 rings (SSSR count). The monoisotopic (exact) mass is 289 g/mol. The predicted molar refractivity (Wildman–Crippen MR) is 87.9 cm³/mol. The van der Waals surface area contributed by atoms with Crippen molar-refractivity contribution < 1.29 is 4.74 Å². The van der Waals surface area contributed by atoms with Crippen molar-refractivity contribution in [2.24, 2.45) is 11.7 Å². The Morgan fingerprint density at radius 3 is 2.38 bits per heavy atom. The maximum absolute atomic E-state index is 5.96. The van der Waals surface area contributed by atoms with Crippen molar-refractivity contribution in [2.75, 3.05) is 43.1 Å². The van der Waals surface area contributed by atoms with E-state index < -0.39 is 0 Å².